The molecule has 2 heterocycles. The average molecular weight is 386 g/mol. The minimum atomic E-state index is -0.109. The number of carbonyl (C=O) groups excluding carboxylic acids is 1. The SMILES string of the molecule is Cc1cccc(NC(=O)c2ccnc(N3CCN(Cc4ccccc4)CC3)c2)c1. The van der Waals surface area contributed by atoms with Crippen molar-refractivity contribution in [1.82, 2.24) is 9.88 Å². The fraction of sp³-hybridized carbons (Fsp3) is 0.250. The van der Waals surface area contributed by atoms with Gasteiger partial charge in [-0.1, -0.05) is 42.5 Å². The quantitative estimate of drug-likeness (QED) is 0.721. The van der Waals surface area contributed by atoms with Crippen LogP contribution in [0, 0.1) is 6.92 Å². The van der Waals surface area contributed by atoms with Crippen molar-refractivity contribution in [3.63, 3.8) is 0 Å². The minimum absolute atomic E-state index is 0.109. The van der Waals surface area contributed by atoms with E-state index in [-0.39, 0.29) is 5.91 Å². The van der Waals surface area contributed by atoms with Gasteiger partial charge in [-0.15, -0.1) is 0 Å². The van der Waals surface area contributed by atoms with Crippen LogP contribution in [0.4, 0.5) is 11.5 Å². The Kier molecular flexibility index (Phi) is 5.86. The molecule has 29 heavy (non-hydrogen) atoms. The van der Waals surface area contributed by atoms with Crippen molar-refractivity contribution in [3.05, 3.63) is 89.6 Å². The Morgan fingerprint density at radius 3 is 2.52 bits per heavy atom. The summed E-state index contributed by atoms with van der Waals surface area (Å²) in [5.74, 6) is 0.753. The number of nitrogens with one attached hydrogen (secondary N) is 1. The molecule has 1 aliphatic heterocycles. The predicted octanol–water partition coefficient (Wildman–Crippen LogP) is 3.96. The predicted molar refractivity (Wildman–Crippen MR) is 117 cm³/mol. The molecule has 148 valence electrons. The molecule has 0 radical (unpaired) electrons. The third-order valence-electron chi connectivity index (χ3n) is 5.23. The lowest BCUT2D eigenvalue weighted by molar-refractivity contribution is 0.102. The van der Waals surface area contributed by atoms with Crippen LogP contribution in [0.15, 0.2) is 72.9 Å². The van der Waals surface area contributed by atoms with Crippen molar-refractivity contribution in [3.8, 4) is 0 Å². The molecule has 0 bridgehead atoms. The van der Waals surface area contributed by atoms with E-state index < -0.39 is 0 Å². The van der Waals surface area contributed by atoms with E-state index in [2.05, 4.69) is 50.4 Å². The first-order chi connectivity index (χ1) is 14.2. The lowest BCUT2D eigenvalue weighted by Gasteiger charge is -2.35. The number of hydrogen-bond acceptors (Lipinski definition) is 4. The maximum Gasteiger partial charge on any atom is 0.255 e. The second kappa shape index (κ2) is 8.88. The normalized spacial score (nSPS) is 14.6. The number of rotatable bonds is 5. The van der Waals surface area contributed by atoms with Gasteiger partial charge in [0.15, 0.2) is 0 Å². The second-order valence-corrected chi connectivity index (χ2v) is 7.48. The van der Waals surface area contributed by atoms with Gasteiger partial charge in [0.05, 0.1) is 0 Å². The summed E-state index contributed by atoms with van der Waals surface area (Å²) in [5, 5.41) is 2.97. The first-order valence-corrected chi connectivity index (χ1v) is 10.0. The highest BCUT2D eigenvalue weighted by Gasteiger charge is 2.19. The lowest BCUT2D eigenvalue weighted by Crippen LogP contribution is -2.46. The monoisotopic (exact) mass is 386 g/mol. The van der Waals surface area contributed by atoms with E-state index in [0.29, 0.717) is 5.56 Å². The summed E-state index contributed by atoms with van der Waals surface area (Å²) < 4.78 is 0. The molecular formula is C24H26N4O. The molecule has 1 saturated heterocycles. The Morgan fingerprint density at radius 1 is 0.966 bits per heavy atom. The smallest absolute Gasteiger partial charge is 0.255 e. The maximum absolute atomic E-state index is 12.7. The van der Waals surface area contributed by atoms with Crippen molar-refractivity contribution >= 4 is 17.4 Å². The first-order valence-electron chi connectivity index (χ1n) is 10.0. The fourth-order valence-corrected chi connectivity index (χ4v) is 3.64. The first kappa shape index (κ1) is 19.2. The molecule has 0 spiro atoms. The van der Waals surface area contributed by atoms with Gasteiger partial charge in [0.2, 0.25) is 0 Å². The van der Waals surface area contributed by atoms with E-state index in [1.54, 1.807) is 12.3 Å². The molecule has 0 saturated carbocycles. The number of benzene rings is 2. The third-order valence-corrected chi connectivity index (χ3v) is 5.23. The molecule has 1 N–H and O–H groups in total. The van der Waals surface area contributed by atoms with Crippen molar-refractivity contribution in [1.29, 1.82) is 0 Å². The molecule has 5 heteroatoms. The van der Waals surface area contributed by atoms with Crippen LogP contribution in [-0.4, -0.2) is 42.0 Å². The number of amides is 1. The largest absolute Gasteiger partial charge is 0.354 e. The van der Waals surface area contributed by atoms with E-state index in [4.69, 9.17) is 0 Å². The average Bonchev–Trinajstić information content (AvgIpc) is 2.75. The van der Waals surface area contributed by atoms with Gasteiger partial charge in [0.25, 0.3) is 5.91 Å². The van der Waals surface area contributed by atoms with Crippen molar-refractivity contribution in [2.24, 2.45) is 0 Å². The molecule has 0 unspecified atom stereocenters. The molecule has 3 aromatic rings. The van der Waals surface area contributed by atoms with Crippen molar-refractivity contribution in [2.45, 2.75) is 13.5 Å². The van der Waals surface area contributed by atoms with Gasteiger partial charge >= 0.3 is 0 Å². The van der Waals surface area contributed by atoms with Gasteiger partial charge < -0.3 is 10.2 Å². The summed E-state index contributed by atoms with van der Waals surface area (Å²) >= 11 is 0. The Labute approximate surface area is 172 Å². The molecule has 5 nitrogen and oxygen atoms in total. The number of nitrogens with zero attached hydrogens (tertiary/aromatic N) is 3. The number of piperazine rings is 1. The molecule has 0 aliphatic carbocycles. The molecule has 0 atom stereocenters. The zero-order valence-corrected chi connectivity index (χ0v) is 16.7. The Bertz CT molecular complexity index is 965. The van der Waals surface area contributed by atoms with Crippen LogP contribution in [0.3, 0.4) is 0 Å². The molecule has 1 aromatic heterocycles. The van der Waals surface area contributed by atoms with E-state index in [0.717, 1.165) is 49.8 Å². The van der Waals surface area contributed by atoms with Crippen molar-refractivity contribution < 1.29 is 4.79 Å². The van der Waals surface area contributed by atoms with E-state index in [1.165, 1.54) is 5.56 Å². The Hall–Kier alpha value is -3.18. The fourth-order valence-electron chi connectivity index (χ4n) is 3.64. The Balaban J connectivity index is 1.37. The molecule has 2 aromatic carbocycles. The van der Waals surface area contributed by atoms with Crippen LogP contribution in [0.1, 0.15) is 21.5 Å². The van der Waals surface area contributed by atoms with E-state index in [9.17, 15) is 4.79 Å². The number of aryl methyl sites for hydroxylation is 1. The highest BCUT2D eigenvalue weighted by Crippen LogP contribution is 2.18. The number of hydrogen-bond donors (Lipinski definition) is 1. The summed E-state index contributed by atoms with van der Waals surface area (Å²) in [6.45, 7) is 6.76. The highest BCUT2D eigenvalue weighted by molar-refractivity contribution is 6.04. The minimum Gasteiger partial charge on any atom is -0.354 e. The number of anilines is 2. The molecular weight excluding hydrogens is 360 g/mol. The molecule has 1 amide bonds. The summed E-state index contributed by atoms with van der Waals surface area (Å²) in [5.41, 5.74) is 3.89. The van der Waals surface area contributed by atoms with Crippen molar-refractivity contribution in [2.75, 3.05) is 36.4 Å². The van der Waals surface area contributed by atoms with Gasteiger partial charge in [-0.2, -0.15) is 0 Å². The number of carbonyl (C=O) groups is 1. The van der Waals surface area contributed by atoms with Crippen LogP contribution < -0.4 is 10.2 Å². The second-order valence-electron chi connectivity index (χ2n) is 7.48. The molecule has 1 aliphatic rings. The third kappa shape index (κ3) is 5.00. The number of aromatic nitrogens is 1. The summed E-state index contributed by atoms with van der Waals surface area (Å²) in [7, 11) is 0. The zero-order valence-electron chi connectivity index (χ0n) is 16.7. The van der Waals surface area contributed by atoms with E-state index in [1.807, 2.05) is 37.3 Å². The van der Waals surface area contributed by atoms with Crippen LogP contribution in [0.5, 0.6) is 0 Å². The van der Waals surface area contributed by atoms with Crippen LogP contribution in [-0.2, 0) is 6.54 Å². The topological polar surface area (TPSA) is 48.5 Å². The summed E-state index contributed by atoms with van der Waals surface area (Å²) in [4.78, 5) is 21.9. The zero-order chi connectivity index (χ0) is 20.1. The van der Waals surface area contributed by atoms with E-state index >= 15 is 0 Å². The van der Waals surface area contributed by atoms with Gasteiger partial charge in [0, 0.05) is 50.2 Å². The van der Waals surface area contributed by atoms with Crippen LogP contribution in [0.2, 0.25) is 0 Å². The Morgan fingerprint density at radius 2 is 1.76 bits per heavy atom. The molecule has 1 fully saturated rings. The lowest BCUT2D eigenvalue weighted by atomic mass is 10.2. The highest BCUT2D eigenvalue weighted by atomic mass is 16.1. The maximum atomic E-state index is 12.7. The van der Waals surface area contributed by atoms with Gasteiger partial charge in [-0.05, 0) is 42.3 Å². The molecule has 4 rings (SSSR count). The number of pyridine rings is 1. The van der Waals surface area contributed by atoms with Crippen LogP contribution in [0.25, 0.3) is 0 Å². The summed E-state index contributed by atoms with van der Waals surface area (Å²) in [6, 6.07) is 22.0. The van der Waals surface area contributed by atoms with Gasteiger partial charge in [-0.3, -0.25) is 9.69 Å². The summed E-state index contributed by atoms with van der Waals surface area (Å²) in [6.07, 6.45) is 1.72. The standard InChI is InChI=1S/C24H26N4O/c1-19-6-5-9-22(16-19)26-24(29)21-10-11-25-23(17-21)28-14-12-27(13-15-28)18-20-7-3-2-4-8-20/h2-11,16-17H,12-15,18H2,1H3,(H,26,29). The van der Waals surface area contributed by atoms with Gasteiger partial charge in [-0.25, -0.2) is 4.98 Å². The van der Waals surface area contributed by atoms with Gasteiger partial charge in [0.1, 0.15) is 5.82 Å². The van der Waals surface area contributed by atoms with Crippen LogP contribution >= 0.6 is 0 Å².